The van der Waals surface area contributed by atoms with Crippen molar-refractivity contribution in [1.82, 2.24) is 0 Å². The summed E-state index contributed by atoms with van der Waals surface area (Å²) in [5, 5.41) is 0. The van der Waals surface area contributed by atoms with Crippen molar-refractivity contribution in [2.24, 2.45) is 11.7 Å². The molecule has 0 radical (unpaired) electrons. The van der Waals surface area contributed by atoms with Crippen LogP contribution in [0.5, 0.6) is 5.75 Å². The minimum atomic E-state index is -0.281. The van der Waals surface area contributed by atoms with E-state index in [1.54, 1.807) is 7.11 Å². The third kappa shape index (κ3) is 2.32. The summed E-state index contributed by atoms with van der Waals surface area (Å²) in [7, 11) is 1.69. The molecule has 1 rings (SSSR count). The van der Waals surface area contributed by atoms with E-state index < -0.39 is 0 Å². The van der Waals surface area contributed by atoms with Gasteiger partial charge in [0.2, 0.25) is 0 Å². The summed E-state index contributed by atoms with van der Waals surface area (Å²) in [5.74, 6) is 1.32. The molecule has 84 valence electrons. The molecule has 2 N–H and O–H groups in total. The van der Waals surface area contributed by atoms with Crippen molar-refractivity contribution in [3.63, 3.8) is 0 Å². The van der Waals surface area contributed by atoms with Gasteiger partial charge >= 0.3 is 0 Å². The van der Waals surface area contributed by atoms with Gasteiger partial charge in [-0.05, 0) is 37.0 Å². The van der Waals surface area contributed by atoms with Crippen molar-refractivity contribution in [3.8, 4) is 5.75 Å². The normalized spacial score (nSPS) is 15.1. The highest BCUT2D eigenvalue weighted by Gasteiger charge is 2.25. The number of methoxy groups -OCH3 is 1. The molecule has 1 aromatic rings. The van der Waals surface area contributed by atoms with E-state index in [-0.39, 0.29) is 5.54 Å². The fourth-order valence-corrected chi connectivity index (χ4v) is 1.55. The van der Waals surface area contributed by atoms with Crippen LogP contribution in [0.25, 0.3) is 0 Å². The van der Waals surface area contributed by atoms with Crippen molar-refractivity contribution in [1.29, 1.82) is 0 Å². The molecule has 2 heteroatoms. The second kappa shape index (κ2) is 4.23. The van der Waals surface area contributed by atoms with Crippen LogP contribution in [0.4, 0.5) is 0 Å². The molecule has 0 aliphatic carbocycles. The fraction of sp³-hybridized carbons (Fsp3) is 0.538. The Morgan fingerprint density at radius 3 is 2.33 bits per heavy atom. The number of rotatable bonds is 3. The molecule has 0 aliphatic heterocycles. The largest absolute Gasteiger partial charge is 0.496 e. The molecule has 0 saturated carbocycles. The number of nitrogens with two attached hydrogens (primary N) is 1. The van der Waals surface area contributed by atoms with Gasteiger partial charge < -0.3 is 10.5 Å². The Morgan fingerprint density at radius 1 is 1.33 bits per heavy atom. The smallest absolute Gasteiger partial charge is 0.121 e. The van der Waals surface area contributed by atoms with Crippen LogP contribution in [0.15, 0.2) is 18.2 Å². The topological polar surface area (TPSA) is 35.2 Å². The third-order valence-electron chi connectivity index (χ3n) is 3.22. The van der Waals surface area contributed by atoms with Crippen LogP contribution in [0.3, 0.4) is 0 Å². The Kier molecular flexibility index (Phi) is 3.40. The molecule has 1 atom stereocenters. The SMILES string of the molecule is COc1ccc(C(C)(N)C(C)C)cc1C. The summed E-state index contributed by atoms with van der Waals surface area (Å²) >= 11 is 0. The summed E-state index contributed by atoms with van der Waals surface area (Å²) in [6.07, 6.45) is 0. The molecule has 15 heavy (non-hydrogen) atoms. The van der Waals surface area contributed by atoms with Crippen molar-refractivity contribution >= 4 is 0 Å². The van der Waals surface area contributed by atoms with Crippen LogP contribution in [0, 0.1) is 12.8 Å². The molecule has 1 unspecified atom stereocenters. The Labute approximate surface area is 92.4 Å². The van der Waals surface area contributed by atoms with Crippen LogP contribution in [-0.2, 0) is 5.54 Å². The highest BCUT2D eigenvalue weighted by molar-refractivity contribution is 5.38. The lowest BCUT2D eigenvalue weighted by atomic mass is 9.82. The maximum atomic E-state index is 6.30. The standard InChI is InChI=1S/C13H21NO/c1-9(2)13(4,14)11-6-7-12(15-5)10(3)8-11/h6-9H,14H2,1-5H3. The monoisotopic (exact) mass is 207 g/mol. The number of benzene rings is 1. The quantitative estimate of drug-likeness (QED) is 0.827. The Morgan fingerprint density at radius 2 is 1.93 bits per heavy atom. The molecule has 0 aromatic heterocycles. The lowest BCUT2D eigenvalue weighted by molar-refractivity contribution is 0.349. The van der Waals surface area contributed by atoms with Crippen molar-refractivity contribution in [3.05, 3.63) is 29.3 Å². The van der Waals surface area contributed by atoms with E-state index in [0.717, 1.165) is 16.9 Å². The average molecular weight is 207 g/mol. The van der Waals surface area contributed by atoms with E-state index in [1.165, 1.54) is 0 Å². The minimum absolute atomic E-state index is 0.281. The van der Waals surface area contributed by atoms with Gasteiger partial charge in [0.1, 0.15) is 5.75 Å². The zero-order valence-corrected chi connectivity index (χ0v) is 10.3. The molecule has 0 bridgehead atoms. The second-order valence-corrected chi connectivity index (χ2v) is 4.62. The number of aryl methyl sites for hydroxylation is 1. The predicted molar refractivity (Wildman–Crippen MR) is 64.1 cm³/mol. The lowest BCUT2D eigenvalue weighted by Gasteiger charge is -2.30. The van der Waals surface area contributed by atoms with Gasteiger partial charge in [-0.25, -0.2) is 0 Å². The van der Waals surface area contributed by atoms with Gasteiger partial charge in [0.05, 0.1) is 7.11 Å². The van der Waals surface area contributed by atoms with E-state index >= 15 is 0 Å². The van der Waals surface area contributed by atoms with Gasteiger partial charge in [0.25, 0.3) is 0 Å². The van der Waals surface area contributed by atoms with Crippen LogP contribution >= 0.6 is 0 Å². The molecule has 0 aliphatic rings. The summed E-state index contributed by atoms with van der Waals surface area (Å²) < 4.78 is 5.23. The first kappa shape index (κ1) is 12.1. The first-order chi connectivity index (χ1) is 6.89. The Balaban J connectivity index is 3.12. The molecule has 0 heterocycles. The molecule has 2 nitrogen and oxygen atoms in total. The maximum absolute atomic E-state index is 6.30. The van der Waals surface area contributed by atoms with E-state index in [9.17, 15) is 0 Å². The van der Waals surface area contributed by atoms with Gasteiger partial charge in [-0.3, -0.25) is 0 Å². The summed E-state index contributed by atoms with van der Waals surface area (Å²) in [4.78, 5) is 0. The predicted octanol–water partition coefficient (Wildman–Crippen LogP) is 2.83. The molecule has 0 amide bonds. The van der Waals surface area contributed by atoms with Gasteiger partial charge in [0, 0.05) is 5.54 Å². The van der Waals surface area contributed by atoms with Gasteiger partial charge in [-0.2, -0.15) is 0 Å². The maximum Gasteiger partial charge on any atom is 0.121 e. The average Bonchev–Trinajstić information content (AvgIpc) is 2.17. The van der Waals surface area contributed by atoms with E-state index in [4.69, 9.17) is 10.5 Å². The van der Waals surface area contributed by atoms with Crippen LogP contribution in [0.1, 0.15) is 31.9 Å². The summed E-state index contributed by atoms with van der Waals surface area (Å²) in [6.45, 7) is 8.39. The van der Waals surface area contributed by atoms with Crippen LogP contribution in [-0.4, -0.2) is 7.11 Å². The Hall–Kier alpha value is -1.02. The first-order valence-electron chi connectivity index (χ1n) is 5.33. The number of hydrogen-bond donors (Lipinski definition) is 1. The summed E-state index contributed by atoms with van der Waals surface area (Å²) in [5.41, 5.74) is 8.31. The van der Waals surface area contributed by atoms with E-state index in [0.29, 0.717) is 5.92 Å². The molecular weight excluding hydrogens is 186 g/mol. The first-order valence-corrected chi connectivity index (χ1v) is 5.33. The highest BCUT2D eigenvalue weighted by atomic mass is 16.5. The summed E-state index contributed by atoms with van der Waals surface area (Å²) in [6, 6.07) is 6.14. The van der Waals surface area contributed by atoms with Crippen molar-refractivity contribution in [2.75, 3.05) is 7.11 Å². The minimum Gasteiger partial charge on any atom is -0.496 e. The fourth-order valence-electron chi connectivity index (χ4n) is 1.55. The van der Waals surface area contributed by atoms with Crippen molar-refractivity contribution < 1.29 is 4.74 Å². The molecular formula is C13H21NO. The van der Waals surface area contributed by atoms with Gasteiger partial charge in [0.15, 0.2) is 0 Å². The molecule has 1 aromatic carbocycles. The zero-order chi connectivity index (χ0) is 11.6. The van der Waals surface area contributed by atoms with Gasteiger partial charge in [-0.15, -0.1) is 0 Å². The Bertz CT molecular complexity index is 342. The second-order valence-electron chi connectivity index (χ2n) is 4.62. The highest BCUT2D eigenvalue weighted by Crippen LogP contribution is 2.29. The van der Waals surface area contributed by atoms with Gasteiger partial charge in [-0.1, -0.05) is 26.0 Å². The van der Waals surface area contributed by atoms with Crippen molar-refractivity contribution in [2.45, 2.75) is 33.2 Å². The zero-order valence-electron chi connectivity index (χ0n) is 10.3. The third-order valence-corrected chi connectivity index (χ3v) is 3.22. The molecule has 0 saturated heterocycles. The van der Waals surface area contributed by atoms with Crippen LogP contribution < -0.4 is 10.5 Å². The number of ether oxygens (including phenoxy) is 1. The van der Waals surface area contributed by atoms with E-state index in [2.05, 4.69) is 26.8 Å². The molecule has 0 spiro atoms. The molecule has 0 fully saturated rings. The lowest BCUT2D eigenvalue weighted by Crippen LogP contribution is -2.38. The van der Waals surface area contributed by atoms with E-state index in [1.807, 2.05) is 19.1 Å². The van der Waals surface area contributed by atoms with Crippen LogP contribution in [0.2, 0.25) is 0 Å². The number of hydrogen-bond acceptors (Lipinski definition) is 2.